The van der Waals surface area contributed by atoms with Crippen molar-refractivity contribution in [1.82, 2.24) is 0 Å². The maximum atomic E-state index is 14.4. The number of benzene rings is 2. The molecule has 1 aliphatic heterocycles. The zero-order valence-corrected chi connectivity index (χ0v) is 17.4. The third-order valence-electron chi connectivity index (χ3n) is 4.26. The van der Waals surface area contributed by atoms with Crippen molar-refractivity contribution in [2.75, 3.05) is 28.0 Å². The number of nitrogens with one attached hydrogen (secondary N) is 1. The molecular weight excluding hydrogens is 432 g/mol. The summed E-state index contributed by atoms with van der Waals surface area (Å²) in [5.41, 5.74) is 0.252. The number of hydrogen-bond acceptors (Lipinski definition) is 4. The van der Waals surface area contributed by atoms with Crippen molar-refractivity contribution in [3.8, 4) is 5.75 Å². The number of halogens is 3. The molecule has 0 spiro atoms. The summed E-state index contributed by atoms with van der Waals surface area (Å²) in [5, 5.41) is 3.05. The molecule has 0 bridgehead atoms. The van der Waals surface area contributed by atoms with Crippen molar-refractivity contribution < 1.29 is 22.3 Å². The third kappa shape index (κ3) is 3.57. The summed E-state index contributed by atoms with van der Waals surface area (Å²) in [6.07, 6.45) is -1.00. The number of anilines is 3. The molecule has 1 heterocycles. The Bertz CT molecular complexity index is 1060. The number of ether oxygens (including phenoxy) is 1. The van der Waals surface area contributed by atoms with Gasteiger partial charge in [-0.15, -0.1) is 0 Å². The fourth-order valence-electron chi connectivity index (χ4n) is 2.63. The lowest BCUT2D eigenvalue weighted by atomic mass is 10.2. The summed E-state index contributed by atoms with van der Waals surface area (Å²) in [4.78, 5) is 12.4. The third-order valence-corrected chi connectivity index (χ3v) is 6.57. The molecule has 0 fully saturated rings. The highest BCUT2D eigenvalue weighted by atomic mass is 35.5. The van der Waals surface area contributed by atoms with Gasteiger partial charge in [-0.1, -0.05) is 23.2 Å². The van der Waals surface area contributed by atoms with Gasteiger partial charge in [-0.3, -0.25) is 13.4 Å². The molecule has 2 aromatic carbocycles. The first-order valence-corrected chi connectivity index (χ1v) is 10.2. The number of nitrogens with zero attached hydrogens (tertiary/aromatic N) is 2. The molecule has 1 atom stereocenters. The summed E-state index contributed by atoms with van der Waals surface area (Å²) < 4.78 is 46.2. The number of fused-ring (bicyclic) bond motifs is 1. The van der Waals surface area contributed by atoms with E-state index in [4.69, 9.17) is 27.9 Å². The van der Waals surface area contributed by atoms with E-state index in [1.165, 1.54) is 39.2 Å². The highest BCUT2D eigenvalue weighted by Crippen LogP contribution is 2.41. The minimum Gasteiger partial charge on any atom is -0.479 e. The second-order valence-electron chi connectivity index (χ2n) is 6.09. The van der Waals surface area contributed by atoms with Gasteiger partial charge in [0.1, 0.15) is 11.6 Å². The van der Waals surface area contributed by atoms with E-state index in [-0.39, 0.29) is 27.8 Å². The van der Waals surface area contributed by atoms with E-state index in [0.717, 1.165) is 14.7 Å². The molecule has 1 unspecified atom stereocenters. The predicted molar refractivity (Wildman–Crippen MR) is 107 cm³/mol. The topological polar surface area (TPSA) is 79.0 Å². The van der Waals surface area contributed by atoms with Gasteiger partial charge in [0.2, 0.25) is 0 Å². The largest absolute Gasteiger partial charge is 0.479 e. The van der Waals surface area contributed by atoms with Crippen molar-refractivity contribution >= 4 is 56.4 Å². The van der Waals surface area contributed by atoms with Crippen LogP contribution in [-0.2, 0) is 15.0 Å². The summed E-state index contributed by atoms with van der Waals surface area (Å²) in [6, 6.07) is 6.84. The van der Waals surface area contributed by atoms with E-state index in [2.05, 4.69) is 5.32 Å². The highest BCUT2D eigenvalue weighted by Gasteiger charge is 2.36. The average Bonchev–Trinajstić information content (AvgIpc) is 2.78. The van der Waals surface area contributed by atoms with Crippen molar-refractivity contribution in [1.29, 1.82) is 0 Å². The zero-order valence-electron chi connectivity index (χ0n) is 15.0. The zero-order chi connectivity index (χ0) is 20.8. The number of carbonyl (C=O) groups is 1. The second-order valence-corrected chi connectivity index (χ2v) is 8.92. The van der Waals surface area contributed by atoms with Gasteiger partial charge in [0.15, 0.2) is 6.10 Å². The van der Waals surface area contributed by atoms with Gasteiger partial charge >= 0.3 is 10.2 Å². The standard InChI is InChI=1S/C17H16Cl2FN3O4S/c1-9(27-16-5-4-10(18)6-11(16)19)17(24)21-13-8-15-14(7-12(13)20)22(2)28(25,26)23(15)3/h4-9H,1-3H3,(H,21,24). The average molecular weight is 448 g/mol. The Morgan fingerprint density at radius 1 is 1.14 bits per heavy atom. The van der Waals surface area contributed by atoms with Crippen molar-refractivity contribution in [3.63, 3.8) is 0 Å². The van der Waals surface area contributed by atoms with Crippen LogP contribution in [0.2, 0.25) is 10.0 Å². The first-order chi connectivity index (χ1) is 13.0. The van der Waals surface area contributed by atoms with E-state index in [9.17, 15) is 17.6 Å². The van der Waals surface area contributed by atoms with Crippen LogP contribution in [0.25, 0.3) is 0 Å². The minimum atomic E-state index is -3.75. The van der Waals surface area contributed by atoms with Gasteiger partial charge in [0.25, 0.3) is 5.91 Å². The molecule has 11 heteroatoms. The summed E-state index contributed by atoms with van der Waals surface area (Å²) in [7, 11) is -1.09. The van der Waals surface area contributed by atoms with Crippen molar-refractivity contribution in [2.45, 2.75) is 13.0 Å². The molecule has 150 valence electrons. The van der Waals surface area contributed by atoms with Gasteiger partial charge in [-0.2, -0.15) is 8.42 Å². The van der Waals surface area contributed by atoms with Crippen LogP contribution in [0.15, 0.2) is 30.3 Å². The Labute approximate surface area is 171 Å². The van der Waals surface area contributed by atoms with Gasteiger partial charge in [-0.25, -0.2) is 4.39 Å². The van der Waals surface area contributed by atoms with Crippen LogP contribution in [0.3, 0.4) is 0 Å². The normalized spacial score (nSPS) is 15.9. The summed E-state index contributed by atoms with van der Waals surface area (Å²) in [6.45, 7) is 1.47. The monoisotopic (exact) mass is 447 g/mol. The van der Waals surface area contributed by atoms with Crippen LogP contribution in [0.5, 0.6) is 5.75 Å². The van der Waals surface area contributed by atoms with Crippen LogP contribution < -0.4 is 18.7 Å². The van der Waals surface area contributed by atoms with E-state index in [1.807, 2.05) is 0 Å². The second kappa shape index (κ2) is 7.31. The molecule has 3 rings (SSSR count). The van der Waals surface area contributed by atoms with Crippen molar-refractivity contribution in [2.24, 2.45) is 0 Å². The molecule has 0 radical (unpaired) electrons. The highest BCUT2D eigenvalue weighted by molar-refractivity contribution is 7.94. The first kappa shape index (κ1) is 20.5. The molecule has 0 aliphatic carbocycles. The molecule has 28 heavy (non-hydrogen) atoms. The Balaban J connectivity index is 1.80. The molecule has 0 saturated heterocycles. The lowest BCUT2D eigenvalue weighted by molar-refractivity contribution is -0.122. The number of rotatable bonds is 4. The molecule has 1 aliphatic rings. The molecule has 1 N–H and O–H groups in total. The maximum absolute atomic E-state index is 14.4. The fourth-order valence-corrected chi connectivity index (χ4v) is 4.24. The van der Waals surface area contributed by atoms with Crippen LogP contribution in [0.1, 0.15) is 6.92 Å². The van der Waals surface area contributed by atoms with E-state index >= 15 is 0 Å². The Morgan fingerprint density at radius 3 is 2.36 bits per heavy atom. The van der Waals surface area contributed by atoms with E-state index in [1.54, 1.807) is 6.07 Å². The van der Waals surface area contributed by atoms with Gasteiger partial charge in [0.05, 0.1) is 22.1 Å². The van der Waals surface area contributed by atoms with Gasteiger partial charge in [-0.05, 0) is 31.2 Å². The Kier molecular flexibility index (Phi) is 5.35. The Morgan fingerprint density at radius 2 is 1.75 bits per heavy atom. The van der Waals surface area contributed by atoms with Crippen LogP contribution in [0, 0.1) is 5.82 Å². The molecule has 7 nitrogen and oxygen atoms in total. The molecular formula is C17H16Cl2FN3O4S. The lowest BCUT2D eigenvalue weighted by Crippen LogP contribution is -2.32. The maximum Gasteiger partial charge on any atom is 0.326 e. The predicted octanol–water partition coefficient (Wildman–Crippen LogP) is 3.67. The lowest BCUT2D eigenvalue weighted by Gasteiger charge is -2.17. The van der Waals surface area contributed by atoms with Crippen LogP contribution >= 0.6 is 23.2 Å². The number of carbonyl (C=O) groups excluding carboxylic acids is 1. The van der Waals surface area contributed by atoms with Crippen molar-refractivity contribution in [3.05, 3.63) is 46.2 Å². The number of amides is 1. The molecule has 1 amide bonds. The minimum absolute atomic E-state index is 0.168. The SMILES string of the molecule is CC(Oc1ccc(Cl)cc1Cl)C(=O)Nc1cc2c(cc1F)N(C)S(=O)(=O)N2C. The first-order valence-electron chi connectivity index (χ1n) is 8.01. The molecule has 2 aromatic rings. The van der Waals surface area contributed by atoms with E-state index in [0.29, 0.717) is 5.02 Å². The molecule has 0 saturated carbocycles. The Hall–Kier alpha value is -2.23. The molecule has 0 aromatic heterocycles. The summed E-state index contributed by atoms with van der Waals surface area (Å²) in [5.74, 6) is -1.17. The quantitative estimate of drug-likeness (QED) is 0.775. The van der Waals surface area contributed by atoms with Crippen LogP contribution in [0.4, 0.5) is 21.5 Å². The van der Waals surface area contributed by atoms with Gasteiger partial charge < -0.3 is 10.1 Å². The number of hydrogen-bond donors (Lipinski definition) is 1. The summed E-state index contributed by atoms with van der Waals surface area (Å²) >= 11 is 11.8. The fraction of sp³-hybridized carbons (Fsp3) is 0.235. The smallest absolute Gasteiger partial charge is 0.326 e. The van der Waals surface area contributed by atoms with E-state index < -0.39 is 28.0 Å². The van der Waals surface area contributed by atoms with Crippen LogP contribution in [-0.4, -0.2) is 34.5 Å². The van der Waals surface area contributed by atoms with Gasteiger partial charge in [0, 0.05) is 25.2 Å².